The highest BCUT2D eigenvalue weighted by molar-refractivity contribution is 7.15. The van der Waals surface area contributed by atoms with Crippen LogP contribution in [-0.2, 0) is 22.3 Å². The molecular weight excluding hydrogens is 508 g/mol. The Morgan fingerprint density at radius 1 is 0.595 bits per heavy atom. The van der Waals surface area contributed by atoms with E-state index in [0.29, 0.717) is 11.1 Å². The van der Waals surface area contributed by atoms with E-state index < -0.39 is 0 Å². The normalized spacial score (nSPS) is 10.9. The first-order valence-corrected chi connectivity index (χ1v) is 13.7. The van der Waals surface area contributed by atoms with Gasteiger partial charge in [0, 0.05) is 24.0 Å². The van der Waals surface area contributed by atoms with Crippen LogP contribution in [0.25, 0.3) is 21.1 Å². The molecule has 0 aliphatic heterocycles. The third-order valence-corrected chi connectivity index (χ3v) is 7.89. The molecule has 0 saturated carbocycles. The molecule has 0 atom stereocenters. The predicted octanol–water partition coefficient (Wildman–Crippen LogP) is 6.03. The number of carbonyl (C=O) groups excluding carboxylic acids is 2. The topological polar surface area (TPSA) is 104 Å². The molecule has 10 heteroatoms. The van der Waals surface area contributed by atoms with Gasteiger partial charge >= 0.3 is 11.9 Å². The van der Waals surface area contributed by atoms with Crippen molar-refractivity contribution < 1.29 is 19.1 Å². The number of hydrogen-bond donors (Lipinski definition) is 0. The molecule has 2 heterocycles. The van der Waals surface area contributed by atoms with Gasteiger partial charge in [0.15, 0.2) is 0 Å². The third-order valence-electron chi connectivity index (χ3n) is 5.82. The van der Waals surface area contributed by atoms with Gasteiger partial charge in [0.2, 0.25) is 0 Å². The van der Waals surface area contributed by atoms with Gasteiger partial charge < -0.3 is 9.47 Å². The summed E-state index contributed by atoms with van der Waals surface area (Å²) in [7, 11) is 2.75. The Morgan fingerprint density at radius 3 is 1.35 bits per heavy atom. The predicted molar refractivity (Wildman–Crippen MR) is 144 cm³/mol. The Morgan fingerprint density at radius 2 is 0.973 bits per heavy atom. The standard InChI is InChI=1S/C27H28N4O4S2/c1-34-26(32)20-14-10-18(11-15-20)24-30-28-22(36-24)8-6-4-3-5-7-9-23-29-31-25(37-23)19-12-16-21(17-13-19)27(33)35-2/h10-17H,3-9H2,1-2H3. The number of nitrogens with zero attached hydrogens (tertiary/aromatic N) is 4. The lowest BCUT2D eigenvalue weighted by molar-refractivity contribution is 0.0592. The summed E-state index contributed by atoms with van der Waals surface area (Å²) in [6.45, 7) is 0. The Labute approximate surface area is 223 Å². The lowest BCUT2D eigenvalue weighted by Crippen LogP contribution is -2.00. The van der Waals surface area contributed by atoms with Crippen LogP contribution >= 0.6 is 22.7 Å². The molecule has 0 unspecified atom stereocenters. The van der Waals surface area contributed by atoms with E-state index in [2.05, 4.69) is 20.4 Å². The summed E-state index contributed by atoms with van der Waals surface area (Å²) in [4.78, 5) is 23.1. The van der Waals surface area contributed by atoms with Crippen LogP contribution in [0.2, 0.25) is 0 Å². The van der Waals surface area contributed by atoms with Crippen molar-refractivity contribution in [1.82, 2.24) is 20.4 Å². The zero-order chi connectivity index (χ0) is 26.0. The number of benzene rings is 2. The van der Waals surface area contributed by atoms with E-state index in [-0.39, 0.29) is 11.9 Å². The monoisotopic (exact) mass is 536 g/mol. The molecular formula is C27H28N4O4S2. The first kappa shape index (κ1) is 26.6. The van der Waals surface area contributed by atoms with Crippen LogP contribution in [0, 0.1) is 0 Å². The van der Waals surface area contributed by atoms with Crippen molar-refractivity contribution in [2.24, 2.45) is 0 Å². The van der Waals surface area contributed by atoms with Gasteiger partial charge in [0.25, 0.3) is 0 Å². The highest BCUT2D eigenvalue weighted by atomic mass is 32.1. The van der Waals surface area contributed by atoms with Gasteiger partial charge in [-0.1, -0.05) is 66.2 Å². The molecule has 0 aliphatic carbocycles. The van der Waals surface area contributed by atoms with E-state index in [4.69, 9.17) is 9.47 Å². The number of esters is 2. The molecule has 37 heavy (non-hydrogen) atoms. The average Bonchev–Trinajstić information content (AvgIpc) is 3.62. The quantitative estimate of drug-likeness (QED) is 0.160. The number of carbonyl (C=O) groups is 2. The number of hydrogen-bond acceptors (Lipinski definition) is 10. The van der Waals surface area contributed by atoms with Gasteiger partial charge in [-0.25, -0.2) is 9.59 Å². The summed E-state index contributed by atoms with van der Waals surface area (Å²) in [5.41, 5.74) is 2.95. The maximum Gasteiger partial charge on any atom is 0.337 e. The van der Waals surface area contributed by atoms with E-state index >= 15 is 0 Å². The number of rotatable bonds is 12. The Hall–Kier alpha value is -3.50. The van der Waals surface area contributed by atoms with Gasteiger partial charge in [-0.05, 0) is 37.1 Å². The first-order valence-electron chi connectivity index (χ1n) is 12.1. The molecule has 4 aromatic rings. The fourth-order valence-corrected chi connectivity index (χ4v) is 5.53. The number of methoxy groups -OCH3 is 2. The van der Waals surface area contributed by atoms with E-state index in [0.717, 1.165) is 69.7 Å². The summed E-state index contributed by atoms with van der Waals surface area (Å²) in [6.07, 6.45) is 7.48. The number of unbranched alkanes of at least 4 members (excludes halogenated alkanes) is 4. The second-order valence-corrected chi connectivity index (χ2v) is 10.5. The zero-order valence-electron chi connectivity index (χ0n) is 20.8. The second-order valence-electron chi connectivity index (χ2n) is 8.41. The zero-order valence-corrected chi connectivity index (χ0v) is 22.4. The maximum absolute atomic E-state index is 11.6. The van der Waals surface area contributed by atoms with E-state index in [1.807, 2.05) is 24.3 Å². The van der Waals surface area contributed by atoms with Crippen LogP contribution in [0.5, 0.6) is 0 Å². The largest absolute Gasteiger partial charge is 0.465 e. The van der Waals surface area contributed by atoms with Crippen LogP contribution in [0.3, 0.4) is 0 Å². The van der Waals surface area contributed by atoms with Crippen LogP contribution in [-0.4, -0.2) is 46.6 Å². The van der Waals surface area contributed by atoms with E-state index in [1.54, 1.807) is 46.9 Å². The van der Waals surface area contributed by atoms with Gasteiger partial charge in [0.05, 0.1) is 25.3 Å². The fraction of sp³-hybridized carbons (Fsp3) is 0.333. The number of aromatic nitrogens is 4. The molecule has 0 N–H and O–H groups in total. The minimum atomic E-state index is -0.346. The molecule has 2 aromatic heterocycles. The van der Waals surface area contributed by atoms with Crippen LogP contribution in [0.15, 0.2) is 48.5 Å². The summed E-state index contributed by atoms with van der Waals surface area (Å²) < 4.78 is 9.47. The second kappa shape index (κ2) is 13.2. The SMILES string of the molecule is COC(=O)c1ccc(-c2nnc(CCCCCCCc3nnc(-c4ccc(C(=O)OC)cc4)s3)s2)cc1. The summed E-state index contributed by atoms with van der Waals surface area (Å²) in [6, 6.07) is 14.5. The van der Waals surface area contributed by atoms with Crippen molar-refractivity contribution in [2.75, 3.05) is 14.2 Å². The third kappa shape index (κ3) is 7.27. The van der Waals surface area contributed by atoms with E-state index in [1.165, 1.54) is 20.6 Å². The highest BCUT2D eigenvalue weighted by Gasteiger charge is 2.11. The molecule has 192 valence electrons. The molecule has 0 saturated heterocycles. The number of ether oxygens (including phenoxy) is 2. The molecule has 0 aliphatic rings. The maximum atomic E-state index is 11.6. The molecule has 0 spiro atoms. The lowest BCUT2D eigenvalue weighted by Gasteiger charge is -2.00. The van der Waals surface area contributed by atoms with Gasteiger partial charge in [0.1, 0.15) is 20.0 Å². The summed E-state index contributed by atoms with van der Waals surface area (Å²) >= 11 is 3.20. The van der Waals surface area contributed by atoms with Crippen LogP contribution < -0.4 is 0 Å². The Balaban J connectivity index is 1.14. The first-order chi connectivity index (χ1) is 18.1. The molecule has 0 radical (unpaired) electrons. The minimum absolute atomic E-state index is 0.346. The number of aryl methyl sites for hydroxylation is 2. The molecule has 0 fully saturated rings. The van der Waals surface area contributed by atoms with Crippen molar-refractivity contribution >= 4 is 34.6 Å². The summed E-state index contributed by atoms with van der Waals surface area (Å²) in [5, 5.41) is 21.1. The fourth-order valence-electron chi connectivity index (χ4n) is 3.76. The molecule has 0 bridgehead atoms. The smallest absolute Gasteiger partial charge is 0.337 e. The molecule has 0 amide bonds. The van der Waals surface area contributed by atoms with Gasteiger partial charge in [-0.15, -0.1) is 20.4 Å². The van der Waals surface area contributed by atoms with Crippen molar-refractivity contribution in [2.45, 2.75) is 44.9 Å². The summed E-state index contributed by atoms with van der Waals surface area (Å²) in [5.74, 6) is -0.692. The van der Waals surface area contributed by atoms with Crippen molar-refractivity contribution in [3.63, 3.8) is 0 Å². The average molecular weight is 537 g/mol. The van der Waals surface area contributed by atoms with Crippen molar-refractivity contribution in [3.8, 4) is 21.1 Å². The van der Waals surface area contributed by atoms with E-state index in [9.17, 15) is 9.59 Å². The Bertz CT molecular complexity index is 1220. The lowest BCUT2D eigenvalue weighted by atomic mass is 10.1. The molecule has 2 aromatic carbocycles. The van der Waals surface area contributed by atoms with Crippen LogP contribution in [0.1, 0.15) is 62.8 Å². The van der Waals surface area contributed by atoms with Gasteiger partial charge in [-0.2, -0.15) is 0 Å². The van der Waals surface area contributed by atoms with Gasteiger partial charge in [-0.3, -0.25) is 0 Å². The van der Waals surface area contributed by atoms with Crippen LogP contribution in [0.4, 0.5) is 0 Å². The molecule has 4 rings (SSSR count). The highest BCUT2D eigenvalue weighted by Crippen LogP contribution is 2.26. The Kier molecular flexibility index (Phi) is 9.45. The van der Waals surface area contributed by atoms with Crippen molar-refractivity contribution in [1.29, 1.82) is 0 Å². The van der Waals surface area contributed by atoms with Crippen molar-refractivity contribution in [3.05, 3.63) is 69.7 Å². The molecule has 8 nitrogen and oxygen atoms in total. The minimum Gasteiger partial charge on any atom is -0.465 e.